The van der Waals surface area contributed by atoms with E-state index in [9.17, 15) is 0 Å². The molecular formula is C16H25ClN2. The van der Waals surface area contributed by atoms with E-state index in [-0.39, 0.29) is 0 Å². The topological polar surface area (TPSA) is 17.8 Å². The molecule has 0 N–H and O–H groups in total. The molecule has 1 heterocycles. The van der Waals surface area contributed by atoms with Gasteiger partial charge in [-0.25, -0.2) is 0 Å². The van der Waals surface area contributed by atoms with Crippen LogP contribution in [0.1, 0.15) is 69.5 Å². The maximum Gasteiger partial charge on any atom is 0.0624 e. The van der Waals surface area contributed by atoms with Crippen LogP contribution in [0, 0.1) is 5.92 Å². The summed E-state index contributed by atoms with van der Waals surface area (Å²) in [7, 11) is 0. The molecule has 2 saturated carbocycles. The Morgan fingerprint density at radius 2 is 2.00 bits per heavy atom. The van der Waals surface area contributed by atoms with Gasteiger partial charge in [0.05, 0.1) is 11.7 Å². The van der Waals surface area contributed by atoms with Crippen LogP contribution in [0.3, 0.4) is 0 Å². The van der Waals surface area contributed by atoms with Gasteiger partial charge in [0.15, 0.2) is 0 Å². The van der Waals surface area contributed by atoms with E-state index in [4.69, 9.17) is 16.7 Å². The van der Waals surface area contributed by atoms with E-state index in [2.05, 4.69) is 16.9 Å². The molecule has 106 valence electrons. The number of rotatable bonds is 6. The van der Waals surface area contributed by atoms with Gasteiger partial charge in [-0.2, -0.15) is 5.10 Å². The van der Waals surface area contributed by atoms with E-state index >= 15 is 0 Å². The Bertz CT molecular complexity index is 391. The van der Waals surface area contributed by atoms with Crippen molar-refractivity contribution in [3.8, 4) is 0 Å². The molecule has 2 fully saturated rings. The molecule has 0 aliphatic heterocycles. The summed E-state index contributed by atoms with van der Waals surface area (Å²) in [6.07, 6.45) is 15.1. The Labute approximate surface area is 121 Å². The fourth-order valence-electron chi connectivity index (χ4n) is 3.23. The highest BCUT2D eigenvalue weighted by Crippen LogP contribution is 2.37. The second-order valence-electron chi connectivity index (χ2n) is 6.32. The molecule has 1 atom stereocenters. The van der Waals surface area contributed by atoms with Crippen molar-refractivity contribution in [2.24, 2.45) is 5.92 Å². The van der Waals surface area contributed by atoms with Gasteiger partial charge >= 0.3 is 0 Å². The quantitative estimate of drug-likeness (QED) is 0.689. The Balaban J connectivity index is 1.44. The molecule has 0 saturated heterocycles. The zero-order chi connectivity index (χ0) is 13.1. The molecule has 0 amide bonds. The van der Waals surface area contributed by atoms with Gasteiger partial charge in [0.25, 0.3) is 0 Å². The second-order valence-corrected chi connectivity index (χ2v) is 6.89. The number of alkyl halides is 1. The summed E-state index contributed by atoms with van der Waals surface area (Å²) < 4.78 is 2.22. The average Bonchev–Trinajstić information content (AvgIpc) is 3.20. The molecule has 0 aromatic carbocycles. The van der Waals surface area contributed by atoms with Crippen molar-refractivity contribution in [2.45, 2.75) is 75.6 Å². The lowest BCUT2D eigenvalue weighted by Gasteiger charge is -2.21. The van der Waals surface area contributed by atoms with Gasteiger partial charge in [-0.1, -0.05) is 19.3 Å². The molecular weight excluding hydrogens is 256 g/mol. The van der Waals surface area contributed by atoms with Crippen molar-refractivity contribution in [3.63, 3.8) is 0 Å². The molecule has 0 radical (unpaired) electrons. The number of halogens is 1. The molecule has 2 nitrogen and oxygen atoms in total. The van der Waals surface area contributed by atoms with E-state index in [0.717, 1.165) is 18.8 Å². The summed E-state index contributed by atoms with van der Waals surface area (Å²) in [5.74, 6) is 0.821. The van der Waals surface area contributed by atoms with Crippen molar-refractivity contribution in [3.05, 3.63) is 18.0 Å². The van der Waals surface area contributed by atoms with Crippen LogP contribution < -0.4 is 0 Å². The maximum atomic E-state index is 6.35. The molecule has 1 aromatic rings. The predicted octanol–water partition coefficient (Wildman–Crippen LogP) is 4.73. The third-order valence-electron chi connectivity index (χ3n) is 4.66. The number of aromatic nitrogens is 2. The van der Waals surface area contributed by atoms with E-state index in [0.29, 0.717) is 11.4 Å². The summed E-state index contributed by atoms with van der Waals surface area (Å²) >= 11 is 6.35. The highest BCUT2D eigenvalue weighted by Gasteiger charge is 2.29. The van der Waals surface area contributed by atoms with Crippen molar-refractivity contribution in [1.29, 1.82) is 0 Å². The van der Waals surface area contributed by atoms with E-state index < -0.39 is 0 Å². The van der Waals surface area contributed by atoms with Gasteiger partial charge in [0.1, 0.15) is 0 Å². The van der Waals surface area contributed by atoms with Crippen molar-refractivity contribution in [2.75, 3.05) is 0 Å². The van der Waals surface area contributed by atoms with Gasteiger partial charge in [0.2, 0.25) is 0 Å². The minimum atomic E-state index is 0.417. The Morgan fingerprint density at radius 3 is 2.74 bits per heavy atom. The Morgan fingerprint density at radius 1 is 1.21 bits per heavy atom. The van der Waals surface area contributed by atoms with Crippen molar-refractivity contribution < 1.29 is 0 Å². The van der Waals surface area contributed by atoms with Crippen LogP contribution in [0.4, 0.5) is 0 Å². The predicted molar refractivity (Wildman–Crippen MR) is 79.7 cm³/mol. The van der Waals surface area contributed by atoms with Gasteiger partial charge in [0, 0.05) is 11.6 Å². The van der Waals surface area contributed by atoms with Crippen LogP contribution >= 0.6 is 11.6 Å². The Kier molecular flexibility index (Phi) is 4.47. The zero-order valence-corrected chi connectivity index (χ0v) is 12.5. The zero-order valence-electron chi connectivity index (χ0n) is 11.7. The van der Waals surface area contributed by atoms with Crippen LogP contribution in [0.15, 0.2) is 12.3 Å². The number of nitrogens with zero attached hydrogens (tertiary/aromatic N) is 2. The highest BCUT2D eigenvalue weighted by molar-refractivity contribution is 6.20. The summed E-state index contributed by atoms with van der Waals surface area (Å²) in [4.78, 5) is 0. The second kappa shape index (κ2) is 6.30. The third kappa shape index (κ3) is 3.75. The SMILES string of the molecule is ClC(CCCc1ccn(C2CCCCC2)n1)C1CC1. The number of hydrogen-bond acceptors (Lipinski definition) is 1. The highest BCUT2D eigenvalue weighted by atomic mass is 35.5. The normalized spacial score (nSPS) is 22.6. The number of hydrogen-bond donors (Lipinski definition) is 0. The van der Waals surface area contributed by atoms with Gasteiger partial charge < -0.3 is 0 Å². The molecule has 0 bridgehead atoms. The summed E-state index contributed by atoms with van der Waals surface area (Å²) in [6, 6.07) is 2.87. The smallest absolute Gasteiger partial charge is 0.0624 e. The van der Waals surface area contributed by atoms with E-state index in [1.807, 2.05) is 0 Å². The fraction of sp³-hybridized carbons (Fsp3) is 0.812. The van der Waals surface area contributed by atoms with Gasteiger partial charge in [-0.3, -0.25) is 4.68 Å². The first kappa shape index (κ1) is 13.5. The first-order chi connectivity index (χ1) is 9.33. The van der Waals surface area contributed by atoms with Crippen LogP contribution in [-0.2, 0) is 6.42 Å². The minimum Gasteiger partial charge on any atom is -0.269 e. The molecule has 1 aromatic heterocycles. The van der Waals surface area contributed by atoms with Crippen LogP contribution in [-0.4, -0.2) is 15.2 Å². The van der Waals surface area contributed by atoms with Gasteiger partial charge in [-0.15, -0.1) is 11.6 Å². The summed E-state index contributed by atoms with van der Waals surface area (Å²) in [5.41, 5.74) is 1.25. The van der Waals surface area contributed by atoms with E-state index in [1.54, 1.807) is 0 Å². The Hall–Kier alpha value is -0.500. The molecule has 3 heteroatoms. The van der Waals surface area contributed by atoms with Crippen molar-refractivity contribution >= 4 is 11.6 Å². The van der Waals surface area contributed by atoms with E-state index in [1.165, 1.54) is 57.1 Å². The van der Waals surface area contributed by atoms with Crippen molar-refractivity contribution in [1.82, 2.24) is 9.78 Å². The maximum absolute atomic E-state index is 6.35. The molecule has 0 spiro atoms. The monoisotopic (exact) mass is 280 g/mol. The lowest BCUT2D eigenvalue weighted by molar-refractivity contribution is 0.328. The summed E-state index contributed by atoms with van der Waals surface area (Å²) in [5, 5.41) is 5.18. The first-order valence-electron chi connectivity index (χ1n) is 8.01. The third-order valence-corrected chi connectivity index (χ3v) is 5.23. The molecule has 2 aliphatic rings. The molecule has 1 unspecified atom stereocenters. The number of aryl methyl sites for hydroxylation is 1. The van der Waals surface area contributed by atoms with Crippen LogP contribution in [0.5, 0.6) is 0 Å². The largest absolute Gasteiger partial charge is 0.269 e. The lowest BCUT2D eigenvalue weighted by Crippen LogP contribution is -2.13. The first-order valence-corrected chi connectivity index (χ1v) is 8.44. The molecule has 3 rings (SSSR count). The van der Waals surface area contributed by atoms with Gasteiger partial charge in [-0.05, 0) is 56.9 Å². The standard InChI is InChI=1S/C16H25ClN2/c17-16(13-9-10-13)8-4-5-14-11-12-19(18-14)15-6-2-1-3-7-15/h11-13,15-16H,1-10H2. The molecule has 19 heavy (non-hydrogen) atoms. The summed E-state index contributed by atoms with van der Waals surface area (Å²) in [6.45, 7) is 0. The van der Waals surface area contributed by atoms with Crippen LogP contribution in [0.2, 0.25) is 0 Å². The lowest BCUT2D eigenvalue weighted by atomic mass is 9.96. The fourth-order valence-corrected chi connectivity index (χ4v) is 3.64. The molecule has 2 aliphatic carbocycles. The minimum absolute atomic E-state index is 0.417. The van der Waals surface area contributed by atoms with Crippen LogP contribution in [0.25, 0.3) is 0 Å². The average molecular weight is 281 g/mol.